The molecule has 1 saturated carbocycles. The number of aromatic nitrogens is 1. The largest absolute Gasteiger partial charge is 0.384 e. The normalized spacial score (nSPS) is 16.9. The van der Waals surface area contributed by atoms with Gasteiger partial charge in [0.05, 0.1) is 0 Å². The highest BCUT2D eigenvalue weighted by molar-refractivity contribution is 6.29. The van der Waals surface area contributed by atoms with Crippen LogP contribution in [0.15, 0.2) is 12.1 Å². The average molecular weight is 240 g/mol. The molecule has 0 bridgehead atoms. The summed E-state index contributed by atoms with van der Waals surface area (Å²) in [5, 5.41) is 3.17. The monoisotopic (exact) mass is 239 g/mol. The zero-order chi connectivity index (χ0) is 11.7. The Bertz CT molecular complexity index is 397. The first-order valence-electron chi connectivity index (χ1n) is 5.30. The molecule has 0 aliphatic heterocycles. The van der Waals surface area contributed by atoms with Gasteiger partial charge in [-0.05, 0) is 37.8 Å². The molecular formula is C11H14ClN3O. The van der Waals surface area contributed by atoms with Gasteiger partial charge in [-0.2, -0.15) is 0 Å². The van der Waals surface area contributed by atoms with Crippen LogP contribution in [0.1, 0.15) is 30.1 Å². The standard InChI is InChI=1S/C11H14ClN3O/c1-6(7-2-3-7)14-11(16)8-4-9(12)15-10(13)5-8/h4-7H,2-3H2,1H3,(H2,13,15)(H,14,16). The van der Waals surface area contributed by atoms with Crippen LogP contribution in [-0.2, 0) is 0 Å². The fourth-order valence-electron chi connectivity index (χ4n) is 1.65. The summed E-state index contributed by atoms with van der Waals surface area (Å²) in [5.74, 6) is 0.741. The Hall–Kier alpha value is -1.29. The number of hydrogen-bond acceptors (Lipinski definition) is 3. The molecule has 1 amide bonds. The highest BCUT2D eigenvalue weighted by Gasteiger charge is 2.29. The number of nitrogens with one attached hydrogen (secondary N) is 1. The van der Waals surface area contributed by atoms with Crippen LogP contribution in [0.5, 0.6) is 0 Å². The molecule has 4 nitrogen and oxygen atoms in total. The van der Waals surface area contributed by atoms with Crippen LogP contribution in [-0.4, -0.2) is 16.9 Å². The summed E-state index contributed by atoms with van der Waals surface area (Å²) in [6, 6.07) is 3.26. The van der Waals surface area contributed by atoms with E-state index in [-0.39, 0.29) is 22.9 Å². The van der Waals surface area contributed by atoms with Crippen molar-refractivity contribution in [3.8, 4) is 0 Å². The number of nitrogen functional groups attached to an aromatic ring is 1. The van der Waals surface area contributed by atoms with Crippen LogP contribution >= 0.6 is 11.6 Å². The topological polar surface area (TPSA) is 68.0 Å². The number of nitrogens with zero attached hydrogens (tertiary/aromatic N) is 1. The first-order valence-corrected chi connectivity index (χ1v) is 5.68. The molecule has 1 heterocycles. The number of carbonyl (C=O) groups excluding carboxylic acids is 1. The second kappa shape index (κ2) is 4.29. The number of pyridine rings is 1. The number of amides is 1. The molecule has 2 rings (SSSR count). The lowest BCUT2D eigenvalue weighted by molar-refractivity contribution is 0.0936. The maximum Gasteiger partial charge on any atom is 0.251 e. The van der Waals surface area contributed by atoms with Crippen LogP contribution < -0.4 is 11.1 Å². The SMILES string of the molecule is CC(NC(=O)c1cc(N)nc(Cl)c1)C1CC1. The van der Waals surface area contributed by atoms with Crippen LogP contribution in [0, 0.1) is 5.92 Å². The lowest BCUT2D eigenvalue weighted by Gasteiger charge is -2.12. The summed E-state index contributed by atoms with van der Waals surface area (Å²) in [4.78, 5) is 15.6. The van der Waals surface area contributed by atoms with Gasteiger partial charge >= 0.3 is 0 Å². The van der Waals surface area contributed by atoms with E-state index in [0.29, 0.717) is 11.5 Å². The number of nitrogens with two attached hydrogens (primary N) is 1. The van der Waals surface area contributed by atoms with E-state index in [1.54, 1.807) is 0 Å². The fourth-order valence-corrected chi connectivity index (χ4v) is 1.87. The van der Waals surface area contributed by atoms with E-state index in [4.69, 9.17) is 17.3 Å². The van der Waals surface area contributed by atoms with E-state index >= 15 is 0 Å². The summed E-state index contributed by atoms with van der Waals surface area (Å²) in [7, 11) is 0. The molecule has 16 heavy (non-hydrogen) atoms. The molecule has 1 aromatic heterocycles. The molecular weight excluding hydrogens is 226 g/mol. The minimum absolute atomic E-state index is 0.143. The third-order valence-electron chi connectivity index (χ3n) is 2.76. The third kappa shape index (κ3) is 2.64. The van der Waals surface area contributed by atoms with Gasteiger partial charge in [-0.1, -0.05) is 11.6 Å². The van der Waals surface area contributed by atoms with E-state index in [1.165, 1.54) is 25.0 Å². The van der Waals surface area contributed by atoms with Crippen molar-refractivity contribution in [2.75, 3.05) is 5.73 Å². The zero-order valence-corrected chi connectivity index (χ0v) is 9.79. The van der Waals surface area contributed by atoms with Crippen LogP contribution in [0.25, 0.3) is 0 Å². The average Bonchev–Trinajstić information content (AvgIpc) is 2.98. The van der Waals surface area contributed by atoms with Gasteiger partial charge in [-0.3, -0.25) is 4.79 Å². The van der Waals surface area contributed by atoms with Crippen LogP contribution in [0.3, 0.4) is 0 Å². The fraction of sp³-hybridized carbons (Fsp3) is 0.455. The summed E-state index contributed by atoms with van der Waals surface area (Å²) >= 11 is 5.73. The Balaban J connectivity index is 2.07. The summed E-state index contributed by atoms with van der Waals surface area (Å²) in [6.07, 6.45) is 2.39. The van der Waals surface area contributed by atoms with E-state index < -0.39 is 0 Å². The Morgan fingerprint density at radius 1 is 1.62 bits per heavy atom. The van der Waals surface area contributed by atoms with Gasteiger partial charge in [0, 0.05) is 11.6 Å². The van der Waals surface area contributed by atoms with Gasteiger partial charge in [0.25, 0.3) is 5.91 Å². The molecule has 1 atom stereocenters. The van der Waals surface area contributed by atoms with Crippen molar-refractivity contribution >= 4 is 23.3 Å². The Morgan fingerprint density at radius 3 is 2.88 bits per heavy atom. The van der Waals surface area contributed by atoms with Crippen molar-refractivity contribution in [3.05, 3.63) is 22.8 Å². The number of hydrogen-bond donors (Lipinski definition) is 2. The Morgan fingerprint density at radius 2 is 2.31 bits per heavy atom. The van der Waals surface area contributed by atoms with Crippen molar-refractivity contribution in [1.82, 2.24) is 10.3 Å². The van der Waals surface area contributed by atoms with Gasteiger partial charge in [0.15, 0.2) is 0 Å². The molecule has 0 saturated heterocycles. The number of rotatable bonds is 3. The molecule has 0 radical (unpaired) electrons. The van der Waals surface area contributed by atoms with Crippen molar-refractivity contribution in [1.29, 1.82) is 0 Å². The third-order valence-corrected chi connectivity index (χ3v) is 2.96. The minimum atomic E-state index is -0.143. The molecule has 86 valence electrons. The lowest BCUT2D eigenvalue weighted by Crippen LogP contribution is -2.34. The van der Waals surface area contributed by atoms with Gasteiger partial charge in [-0.25, -0.2) is 4.98 Å². The van der Waals surface area contributed by atoms with Crippen LogP contribution in [0.2, 0.25) is 5.15 Å². The zero-order valence-electron chi connectivity index (χ0n) is 9.03. The smallest absolute Gasteiger partial charge is 0.251 e. The molecule has 5 heteroatoms. The highest BCUT2D eigenvalue weighted by Crippen LogP contribution is 2.32. The predicted molar refractivity (Wildman–Crippen MR) is 63.3 cm³/mol. The van der Waals surface area contributed by atoms with Crippen molar-refractivity contribution in [3.63, 3.8) is 0 Å². The summed E-state index contributed by atoms with van der Waals surface area (Å²) in [5.41, 5.74) is 5.99. The molecule has 1 aliphatic carbocycles. The number of carbonyl (C=O) groups is 1. The molecule has 1 aliphatic rings. The Labute approximate surface area is 99.2 Å². The quantitative estimate of drug-likeness (QED) is 0.791. The highest BCUT2D eigenvalue weighted by atomic mass is 35.5. The second-order valence-corrected chi connectivity index (χ2v) is 4.59. The van der Waals surface area contributed by atoms with Gasteiger partial charge < -0.3 is 11.1 Å². The molecule has 1 aromatic rings. The predicted octanol–water partition coefficient (Wildman–Crippen LogP) is 1.85. The van der Waals surface area contributed by atoms with Crippen molar-refractivity contribution < 1.29 is 4.79 Å². The second-order valence-electron chi connectivity index (χ2n) is 4.20. The van der Waals surface area contributed by atoms with Crippen molar-refractivity contribution in [2.45, 2.75) is 25.8 Å². The summed E-state index contributed by atoms with van der Waals surface area (Å²) in [6.45, 7) is 2.02. The first-order chi connectivity index (χ1) is 7.56. The molecule has 0 spiro atoms. The minimum Gasteiger partial charge on any atom is -0.384 e. The first kappa shape index (κ1) is 11.2. The number of anilines is 1. The van der Waals surface area contributed by atoms with E-state index in [0.717, 1.165) is 0 Å². The van der Waals surface area contributed by atoms with Gasteiger partial charge in [0.2, 0.25) is 0 Å². The van der Waals surface area contributed by atoms with Crippen molar-refractivity contribution in [2.24, 2.45) is 5.92 Å². The maximum atomic E-state index is 11.8. The lowest BCUT2D eigenvalue weighted by atomic mass is 10.2. The number of halogens is 1. The molecule has 1 fully saturated rings. The van der Waals surface area contributed by atoms with E-state index in [2.05, 4.69) is 10.3 Å². The summed E-state index contributed by atoms with van der Waals surface area (Å²) < 4.78 is 0. The maximum absolute atomic E-state index is 11.8. The van der Waals surface area contributed by atoms with Gasteiger partial charge in [0.1, 0.15) is 11.0 Å². The molecule has 1 unspecified atom stereocenters. The molecule has 0 aromatic carbocycles. The molecule has 3 N–H and O–H groups in total. The Kier molecular flexibility index (Phi) is 3.01. The van der Waals surface area contributed by atoms with E-state index in [9.17, 15) is 4.79 Å². The van der Waals surface area contributed by atoms with Gasteiger partial charge in [-0.15, -0.1) is 0 Å². The van der Waals surface area contributed by atoms with E-state index in [1.807, 2.05) is 6.92 Å². The van der Waals surface area contributed by atoms with Crippen LogP contribution in [0.4, 0.5) is 5.82 Å².